The van der Waals surface area contributed by atoms with Gasteiger partial charge in [-0.05, 0) is 12.1 Å². The molecule has 0 fully saturated rings. The van der Waals surface area contributed by atoms with Gasteiger partial charge in [-0.25, -0.2) is 4.98 Å². The minimum Gasteiger partial charge on any atom is -0.455 e. The minimum absolute atomic E-state index is 0.237. The van der Waals surface area contributed by atoms with E-state index in [1.54, 1.807) is 30.1 Å². The predicted octanol–water partition coefficient (Wildman–Crippen LogP) is 0.994. The number of nitrogens with one attached hydrogen (secondary N) is 1. The lowest BCUT2D eigenvalue weighted by atomic mass is 10.4. The number of thioether (sulfide) groups is 1. The summed E-state index contributed by atoms with van der Waals surface area (Å²) >= 11 is 1.56. The summed E-state index contributed by atoms with van der Waals surface area (Å²) in [6.07, 6.45) is 3.63. The molecule has 6 nitrogen and oxygen atoms in total. The van der Waals surface area contributed by atoms with E-state index in [9.17, 15) is 4.79 Å². The fourth-order valence-corrected chi connectivity index (χ4v) is 2.30. The van der Waals surface area contributed by atoms with Crippen molar-refractivity contribution in [3.8, 4) is 0 Å². The van der Waals surface area contributed by atoms with Gasteiger partial charge in [0.15, 0.2) is 10.9 Å². The molecule has 0 aliphatic rings. The van der Waals surface area contributed by atoms with E-state index >= 15 is 0 Å². The number of carbonyl (C=O) groups excluding carboxylic acids is 1. The smallest absolute Gasteiger partial charge is 0.287 e. The zero-order chi connectivity index (χ0) is 13.7. The average Bonchev–Trinajstić information content (AvgIpc) is 3.02. The largest absolute Gasteiger partial charge is 0.455 e. The third-order valence-electron chi connectivity index (χ3n) is 2.44. The fourth-order valence-electron chi connectivity index (χ4n) is 1.48. The Morgan fingerprint density at radius 1 is 1.58 bits per heavy atom. The van der Waals surface area contributed by atoms with Crippen LogP contribution in [0.1, 0.15) is 16.3 Å². The van der Waals surface area contributed by atoms with Gasteiger partial charge >= 0.3 is 0 Å². The predicted molar refractivity (Wildman–Crippen MR) is 72.9 cm³/mol. The highest BCUT2D eigenvalue weighted by Gasteiger charge is 2.11. The van der Waals surface area contributed by atoms with Gasteiger partial charge in [0.2, 0.25) is 0 Å². The molecule has 2 rings (SSSR count). The van der Waals surface area contributed by atoms with Crippen LogP contribution in [-0.4, -0.2) is 28.5 Å². The average molecular weight is 280 g/mol. The van der Waals surface area contributed by atoms with E-state index in [0.717, 1.165) is 10.9 Å². The number of hydrogen-bond acceptors (Lipinski definition) is 5. The maximum atomic E-state index is 11.6. The molecule has 0 unspecified atom stereocenters. The molecule has 0 aliphatic carbocycles. The molecule has 0 saturated carbocycles. The summed E-state index contributed by atoms with van der Waals surface area (Å²) in [6, 6.07) is 3.47. The van der Waals surface area contributed by atoms with Crippen molar-refractivity contribution >= 4 is 17.7 Å². The molecule has 0 saturated heterocycles. The standard InChI is InChI=1S/C12H16N4O2S/c1-16-7-6-15-12(16)19-8-9-2-3-10(18-9)11(17)14-5-4-13/h2-3,6-7H,4-5,8,13H2,1H3,(H,14,17). The number of nitrogens with two attached hydrogens (primary N) is 1. The molecule has 1 amide bonds. The molecule has 0 aliphatic heterocycles. The molecule has 0 aromatic carbocycles. The second-order valence-corrected chi connectivity index (χ2v) is 4.86. The summed E-state index contributed by atoms with van der Waals surface area (Å²) < 4.78 is 7.40. The van der Waals surface area contributed by atoms with Crippen LogP contribution < -0.4 is 11.1 Å². The number of amides is 1. The van der Waals surface area contributed by atoms with E-state index < -0.39 is 0 Å². The zero-order valence-corrected chi connectivity index (χ0v) is 11.4. The van der Waals surface area contributed by atoms with Crippen LogP contribution in [0.5, 0.6) is 0 Å². The van der Waals surface area contributed by atoms with Crippen molar-refractivity contribution < 1.29 is 9.21 Å². The summed E-state index contributed by atoms with van der Waals surface area (Å²) in [5.41, 5.74) is 5.32. The first-order valence-electron chi connectivity index (χ1n) is 5.88. The SMILES string of the molecule is Cn1ccnc1SCc1ccc(C(=O)NCCN)o1. The van der Waals surface area contributed by atoms with E-state index in [-0.39, 0.29) is 5.91 Å². The molecule has 7 heteroatoms. The van der Waals surface area contributed by atoms with Crippen LogP contribution in [-0.2, 0) is 12.8 Å². The number of aryl methyl sites for hydroxylation is 1. The molecular formula is C12H16N4O2S. The number of hydrogen-bond donors (Lipinski definition) is 2. The van der Waals surface area contributed by atoms with Crippen molar-refractivity contribution in [1.29, 1.82) is 0 Å². The van der Waals surface area contributed by atoms with Gasteiger partial charge in [0.1, 0.15) is 5.76 Å². The monoisotopic (exact) mass is 280 g/mol. The number of furan rings is 1. The highest BCUT2D eigenvalue weighted by molar-refractivity contribution is 7.98. The van der Waals surface area contributed by atoms with Gasteiger partial charge in [0.25, 0.3) is 5.91 Å². The Labute approximate surface area is 115 Å². The Kier molecular flexibility index (Phi) is 4.64. The maximum absolute atomic E-state index is 11.6. The first kappa shape index (κ1) is 13.7. The lowest BCUT2D eigenvalue weighted by molar-refractivity contribution is 0.0925. The quantitative estimate of drug-likeness (QED) is 0.771. The number of aromatic nitrogens is 2. The van der Waals surface area contributed by atoms with Gasteiger partial charge < -0.3 is 20.0 Å². The molecule has 102 valence electrons. The first-order chi connectivity index (χ1) is 9.20. The van der Waals surface area contributed by atoms with Crippen molar-refractivity contribution in [2.75, 3.05) is 13.1 Å². The molecule has 0 bridgehead atoms. The Morgan fingerprint density at radius 3 is 3.11 bits per heavy atom. The summed E-state index contributed by atoms with van der Waals surface area (Å²) in [4.78, 5) is 15.8. The van der Waals surface area contributed by atoms with Gasteiger partial charge in [-0.3, -0.25) is 4.79 Å². The normalized spacial score (nSPS) is 10.6. The molecule has 0 radical (unpaired) electrons. The van der Waals surface area contributed by atoms with Crippen molar-refractivity contribution in [3.63, 3.8) is 0 Å². The number of rotatable bonds is 6. The zero-order valence-electron chi connectivity index (χ0n) is 10.6. The second-order valence-electron chi connectivity index (χ2n) is 3.92. The maximum Gasteiger partial charge on any atom is 0.287 e. The molecule has 2 heterocycles. The van der Waals surface area contributed by atoms with Crippen molar-refractivity contribution in [1.82, 2.24) is 14.9 Å². The summed E-state index contributed by atoms with van der Waals surface area (Å²) in [5.74, 6) is 1.45. The lowest BCUT2D eigenvalue weighted by Gasteiger charge is -2.00. The van der Waals surface area contributed by atoms with Crippen LogP contribution in [0.4, 0.5) is 0 Å². The Bertz CT molecular complexity index is 549. The van der Waals surface area contributed by atoms with Crippen LogP contribution in [0.25, 0.3) is 0 Å². The summed E-state index contributed by atoms with van der Waals surface area (Å²) in [7, 11) is 1.93. The fraction of sp³-hybridized carbons (Fsp3) is 0.333. The van der Waals surface area contributed by atoms with Gasteiger partial charge in [0.05, 0.1) is 5.75 Å². The van der Waals surface area contributed by atoms with Gasteiger partial charge in [0, 0.05) is 32.5 Å². The number of carbonyl (C=O) groups is 1. The Morgan fingerprint density at radius 2 is 2.42 bits per heavy atom. The van der Waals surface area contributed by atoms with Crippen LogP contribution >= 0.6 is 11.8 Å². The summed E-state index contributed by atoms with van der Waals surface area (Å²) in [5, 5.41) is 3.57. The molecule has 0 atom stereocenters. The topological polar surface area (TPSA) is 86.1 Å². The third-order valence-corrected chi connectivity index (χ3v) is 3.52. The van der Waals surface area contributed by atoms with Crippen LogP contribution in [0.15, 0.2) is 34.1 Å². The molecule has 3 N–H and O–H groups in total. The molecular weight excluding hydrogens is 264 g/mol. The highest BCUT2D eigenvalue weighted by Crippen LogP contribution is 2.21. The van der Waals surface area contributed by atoms with Crippen molar-refractivity contribution in [3.05, 3.63) is 36.0 Å². The van der Waals surface area contributed by atoms with Crippen molar-refractivity contribution in [2.45, 2.75) is 10.9 Å². The van der Waals surface area contributed by atoms with Crippen LogP contribution in [0.2, 0.25) is 0 Å². The van der Waals surface area contributed by atoms with Crippen LogP contribution in [0.3, 0.4) is 0 Å². The molecule has 0 spiro atoms. The van der Waals surface area contributed by atoms with Gasteiger partial charge in [-0.1, -0.05) is 11.8 Å². The molecule has 2 aromatic rings. The van der Waals surface area contributed by atoms with Crippen molar-refractivity contribution in [2.24, 2.45) is 12.8 Å². The highest BCUT2D eigenvalue weighted by atomic mass is 32.2. The van der Waals surface area contributed by atoms with E-state index in [1.807, 2.05) is 17.8 Å². The van der Waals surface area contributed by atoms with Crippen LogP contribution in [0, 0.1) is 0 Å². The van der Waals surface area contributed by atoms with E-state index in [0.29, 0.717) is 24.6 Å². The van der Waals surface area contributed by atoms with E-state index in [2.05, 4.69) is 10.3 Å². The Hall–Kier alpha value is -1.73. The second kappa shape index (κ2) is 6.44. The van der Waals surface area contributed by atoms with Gasteiger partial charge in [-0.15, -0.1) is 0 Å². The van der Waals surface area contributed by atoms with E-state index in [1.165, 1.54) is 0 Å². The minimum atomic E-state index is -0.237. The third kappa shape index (κ3) is 3.62. The molecule has 2 aromatic heterocycles. The number of nitrogens with zero attached hydrogens (tertiary/aromatic N) is 2. The summed E-state index contributed by atoms with van der Waals surface area (Å²) in [6.45, 7) is 0.852. The van der Waals surface area contributed by atoms with Gasteiger partial charge in [-0.2, -0.15) is 0 Å². The Balaban J connectivity index is 1.90. The molecule has 19 heavy (non-hydrogen) atoms. The number of imidazole rings is 1. The first-order valence-corrected chi connectivity index (χ1v) is 6.86. The van der Waals surface area contributed by atoms with E-state index in [4.69, 9.17) is 10.2 Å². The lowest BCUT2D eigenvalue weighted by Crippen LogP contribution is -2.28.